The number of hydrogen-bond acceptors (Lipinski definition) is 7. The molecular weight excluding hydrogens is 488 g/mol. The SMILES string of the molecule is COc1ccccc1N1C(=O)C2C(C1=O)C(C(=O)Nc1ccc([N+](=O)[O-])cc1)N1c3ccccc3C=CC21. The smallest absolute Gasteiger partial charge is 0.269 e. The number of anilines is 3. The van der Waals surface area contributed by atoms with Crippen LogP contribution in [0.4, 0.5) is 22.7 Å². The third-order valence-corrected chi connectivity index (χ3v) is 7.36. The fourth-order valence-corrected chi connectivity index (χ4v) is 5.75. The van der Waals surface area contributed by atoms with Gasteiger partial charge >= 0.3 is 0 Å². The molecule has 38 heavy (non-hydrogen) atoms. The van der Waals surface area contributed by atoms with Crippen molar-refractivity contribution in [2.45, 2.75) is 12.1 Å². The van der Waals surface area contributed by atoms with Gasteiger partial charge in [-0.2, -0.15) is 0 Å². The summed E-state index contributed by atoms with van der Waals surface area (Å²) >= 11 is 0. The van der Waals surface area contributed by atoms with Crippen LogP contribution in [-0.2, 0) is 14.4 Å². The highest BCUT2D eigenvalue weighted by molar-refractivity contribution is 6.25. The van der Waals surface area contributed by atoms with Gasteiger partial charge in [0.25, 0.3) is 5.69 Å². The number of carbonyl (C=O) groups is 3. The monoisotopic (exact) mass is 510 g/mol. The molecule has 3 amide bonds. The number of fused-ring (bicyclic) bond motifs is 5. The Morgan fingerprint density at radius 2 is 1.58 bits per heavy atom. The van der Waals surface area contributed by atoms with Gasteiger partial charge in [-0.15, -0.1) is 0 Å². The number of amides is 3. The predicted octanol–water partition coefficient (Wildman–Crippen LogP) is 3.63. The topological polar surface area (TPSA) is 122 Å². The normalized spacial score (nSPS) is 23.1. The highest BCUT2D eigenvalue weighted by Crippen LogP contribution is 2.50. The number of imide groups is 1. The average molecular weight is 511 g/mol. The maximum absolute atomic E-state index is 14.0. The van der Waals surface area contributed by atoms with E-state index in [0.29, 0.717) is 17.1 Å². The van der Waals surface area contributed by atoms with Crippen molar-refractivity contribution in [2.75, 3.05) is 22.2 Å². The first-order valence-electron chi connectivity index (χ1n) is 12.0. The van der Waals surface area contributed by atoms with Crippen molar-refractivity contribution in [3.63, 3.8) is 0 Å². The highest BCUT2D eigenvalue weighted by atomic mass is 16.6. The molecule has 190 valence electrons. The fourth-order valence-electron chi connectivity index (χ4n) is 5.75. The van der Waals surface area contributed by atoms with Gasteiger partial charge in [0, 0.05) is 23.5 Å². The van der Waals surface area contributed by atoms with Gasteiger partial charge in [0.05, 0.1) is 35.6 Å². The van der Waals surface area contributed by atoms with E-state index >= 15 is 0 Å². The van der Waals surface area contributed by atoms with Crippen LogP contribution >= 0.6 is 0 Å². The molecule has 10 nitrogen and oxygen atoms in total. The molecule has 0 spiro atoms. The number of nitro benzene ring substituents is 1. The largest absolute Gasteiger partial charge is 0.495 e. The summed E-state index contributed by atoms with van der Waals surface area (Å²) in [6.45, 7) is 0. The van der Waals surface area contributed by atoms with E-state index in [4.69, 9.17) is 4.74 Å². The Bertz CT molecular complexity index is 1520. The molecule has 0 radical (unpaired) electrons. The molecule has 3 aromatic rings. The molecule has 4 atom stereocenters. The lowest BCUT2D eigenvalue weighted by Crippen LogP contribution is -2.50. The molecule has 3 heterocycles. The first-order chi connectivity index (χ1) is 18.4. The molecule has 2 saturated heterocycles. The lowest BCUT2D eigenvalue weighted by atomic mass is 9.88. The zero-order chi connectivity index (χ0) is 26.6. The molecule has 0 bridgehead atoms. The molecule has 6 rings (SSSR count). The van der Waals surface area contributed by atoms with Crippen molar-refractivity contribution in [1.29, 1.82) is 0 Å². The molecular formula is C28H22N4O6. The van der Waals surface area contributed by atoms with Crippen LogP contribution in [0.5, 0.6) is 5.75 Å². The highest BCUT2D eigenvalue weighted by Gasteiger charge is 2.64. The Morgan fingerprint density at radius 3 is 2.29 bits per heavy atom. The van der Waals surface area contributed by atoms with E-state index < -0.39 is 46.6 Å². The first-order valence-corrected chi connectivity index (χ1v) is 12.0. The number of carbonyl (C=O) groups excluding carboxylic acids is 3. The minimum atomic E-state index is -0.998. The quantitative estimate of drug-likeness (QED) is 0.316. The second-order valence-electron chi connectivity index (χ2n) is 9.29. The van der Waals surface area contributed by atoms with Crippen molar-refractivity contribution >= 4 is 46.5 Å². The summed E-state index contributed by atoms with van der Waals surface area (Å²) in [5.74, 6) is -2.72. The number of hydrogen-bond donors (Lipinski definition) is 1. The molecule has 2 fully saturated rings. The first kappa shape index (κ1) is 23.4. The van der Waals surface area contributed by atoms with Crippen LogP contribution in [-0.4, -0.2) is 41.8 Å². The summed E-state index contributed by atoms with van der Waals surface area (Å²) in [5.41, 5.74) is 2.20. The number of nitrogens with one attached hydrogen (secondary N) is 1. The molecule has 3 aromatic carbocycles. The van der Waals surface area contributed by atoms with Gasteiger partial charge < -0.3 is 15.0 Å². The average Bonchev–Trinajstić information content (AvgIpc) is 3.41. The van der Waals surface area contributed by atoms with Crippen LogP contribution in [0.15, 0.2) is 78.9 Å². The van der Waals surface area contributed by atoms with Crippen LogP contribution in [0.2, 0.25) is 0 Å². The van der Waals surface area contributed by atoms with Crippen molar-refractivity contribution in [3.05, 3.63) is 94.6 Å². The Kier molecular flexibility index (Phi) is 5.45. The van der Waals surface area contributed by atoms with E-state index in [1.165, 1.54) is 31.4 Å². The minimum Gasteiger partial charge on any atom is -0.495 e. The number of nitrogens with zero attached hydrogens (tertiary/aromatic N) is 3. The predicted molar refractivity (Wildman–Crippen MR) is 140 cm³/mol. The number of para-hydroxylation sites is 3. The van der Waals surface area contributed by atoms with Crippen molar-refractivity contribution in [1.82, 2.24) is 0 Å². The zero-order valence-electron chi connectivity index (χ0n) is 20.2. The summed E-state index contributed by atoms with van der Waals surface area (Å²) in [7, 11) is 1.47. The Morgan fingerprint density at radius 1 is 0.921 bits per heavy atom. The Labute approximate surface area is 217 Å². The molecule has 1 N–H and O–H groups in total. The third kappa shape index (κ3) is 3.45. The van der Waals surface area contributed by atoms with Crippen LogP contribution in [0.3, 0.4) is 0 Å². The van der Waals surface area contributed by atoms with E-state index in [9.17, 15) is 24.5 Å². The Hall–Kier alpha value is -4.99. The lowest BCUT2D eigenvalue weighted by Gasteiger charge is -2.36. The number of nitro groups is 1. The summed E-state index contributed by atoms with van der Waals surface area (Å²) in [5, 5.41) is 13.8. The van der Waals surface area contributed by atoms with Crippen LogP contribution in [0.25, 0.3) is 6.08 Å². The summed E-state index contributed by atoms with van der Waals surface area (Å²) in [6, 6.07) is 18.2. The van der Waals surface area contributed by atoms with Gasteiger partial charge in [-0.1, -0.05) is 42.5 Å². The van der Waals surface area contributed by atoms with E-state index in [1.807, 2.05) is 41.3 Å². The van der Waals surface area contributed by atoms with E-state index in [1.54, 1.807) is 24.3 Å². The van der Waals surface area contributed by atoms with Gasteiger partial charge in [0.15, 0.2) is 0 Å². The molecule has 0 saturated carbocycles. The standard InChI is InChI=1S/C28H22N4O6/c1-38-22-9-5-4-8-20(22)31-27(34)23-21-15-10-16-6-2-3-7-19(16)30(21)25(24(23)28(31)35)26(33)29-17-11-13-18(14-12-17)32(36)37/h2-15,21,23-25H,1H3,(H,29,33). The second kappa shape index (κ2) is 8.84. The minimum absolute atomic E-state index is 0.108. The van der Waals surface area contributed by atoms with Gasteiger partial charge in [-0.05, 0) is 35.9 Å². The summed E-state index contributed by atoms with van der Waals surface area (Å²) in [4.78, 5) is 55.1. The van der Waals surface area contributed by atoms with Gasteiger partial charge in [0.2, 0.25) is 17.7 Å². The van der Waals surface area contributed by atoms with Gasteiger partial charge in [0.1, 0.15) is 11.8 Å². The van der Waals surface area contributed by atoms with Crippen molar-refractivity contribution in [3.8, 4) is 5.75 Å². The number of methoxy groups -OCH3 is 1. The molecule has 4 unspecified atom stereocenters. The maximum atomic E-state index is 14.0. The molecule has 3 aliphatic heterocycles. The van der Waals surface area contributed by atoms with Crippen LogP contribution < -0.4 is 19.9 Å². The summed E-state index contributed by atoms with van der Waals surface area (Å²) < 4.78 is 5.41. The second-order valence-corrected chi connectivity index (χ2v) is 9.29. The summed E-state index contributed by atoms with van der Waals surface area (Å²) in [6.07, 6.45) is 3.78. The molecule has 0 aromatic heterocycles. The maximum Gasteiger partial charge on any atom is 0.269 e. The fraction of sp³-hybridized carbons (Fsp3) is 0.179. The van der Waals surface area contributed by atoms with Gasteiger partial charge in [-0.25, -0.2) is 4.90 Å². The van der Waals surface area contributed by atoms with Crippen molar-refractivity contribution in [2.24, 2.45) is 11.8 Å². The van der Waals surface area contributed by atoms with Gasteiger partial charge in [-0.3, -0.25) is 24.5 Å². The molecule has 3 aliphatic rings. The molecule has 10 heteroatoms. The van der Waals surface area contributed by atoms with Crippen LogP contribution in [0, 0.1) is 22.0 Å². The lowest BCUT2D eigenvalue weighted by molar-refractivity contribution is -0.384. The van der Waals surface area contributed by atoms with E-state index in [0.717, 1.165) is 16.2 Å². The Balaban J connectivity index is 1.42. The number of ether oxygens (including phenoxy) is 1. The number of benzene rings is 3. The van der Waals surface area contributed by atoms with E-state index in [-0.39, 0.29) is 5.69 Å². The zero-order valence-corrected chi connectivity index (χ0v) is 20.2. The van der Waals surface area contributed by atoms with E-state index in [2.05, 4.69) is 5.32 Å². The molecule has 0 aliphatic carbocycles. The number of rotatable bonds is 5. The van der Waals surface area contributed by atoms with Crippen LogP contribution in [0.1, 0.15) is 5.56 Å². The number of non-ortho nitro benzene ring substituents is 1. The third-order valence-electron chi connectivity index (χ3n) is 7.36. The van der Waals surface area contributed by atoms with Crippen molar-refractivity contribution < 1.29 is 24.0 Å².